The van der Waals surface area contributed by atoms with Gasteiger partial charge in [0.1, 0.15) is 0 Å². The Balaban J connectivity index is 2.17. The molecule has 1 aromatic rings. The molecule has 96 valence electrons. The smallest absolute Gasteiger partial charge is 0.0739 e. The van der Waals surface area contributed by atoms with E-state index in [1.54, 1.807) is 0 Å². The van der Waals surface area contributed by atoms with Crippen molar-refractivity contribution in [2.45, 2.75) is 45.8 Å². The molecule has 1 aliphatic rings. The van der Waals surface area contributed by atoms with Gasteiger partial charge in [0.2, 0.25) is 0 Å². The molecule has 1 fully saturated rings. The zero-order valence-corrected chi connectivity index (χ0v) is 12.1. The van der Waals surface area contributed by atoms with E-state index in [2.05, 4.69) is 32.9 Å². The van der Waals surface area contributed by atoms with Crippen molar-refractivity contribution in [2.75, 3.05) is 13.2 Å². The third kappa shape index (κ3) is 2.56. The molecular weight excluding hydrogens is 282 g/mol. The van der Waals surface area contributed by atoms with Gasteiger partial charge in [0.05, 0.1) is 22.5 Å². The molecule has 5 heteroatoms. The fourth-order valence-electron chi connectivity index (χ4n) is 2.52. The number of nitrogens with zero attached hydrogens (tertiary/aromatic N) is 3. The van der Waals surface area contributed by atoms with Crippen molar-refractivity contribution in [1.82, 2.24) is 14.7 Å². The minimum absolute atomic E-state index is 0.261. The molecule has 1 unspecified atom stereocenters. The van der Waals surface area contributed by atoms with E-state index in [1.165, 1.54) is 12.1 Å². The minimum Gasteiger partial charge on any atom is -0.395 e. The zero-order chi connectivity index (χ0) is 12.4. The maximum atomic E-state index is 9.34. The molecule has 2 rings (SSSR count). The van der Waals surface area contributed by atoms with Crippen LogP contribution in [0.15, 0.2) is 4.47 Å². The SMILES string of the molecule is CCn1nc(C)c(Br)c1CN1CCCC1CO. The van der Waals surface area contributed by atoms with Crippen LogP contribution in [0.4, 0.5) is 0 Å². The van der Waals surface area contributed by atoms with E-state index in [4.69, 9.17) is 0 Å². The highest BCUT2D eigenvalue weighted by atomic mass is 79.9. The number of hydrogen-bond acceptors (Lipinski definition) is 3. The second-order valence-corrected chi connectivity index (χ2v) is 5.40. The average molecular weight is 302 g/mol. The van der Waals surface area contributed by atoms with Crippen LogP contribution in [0.2, 0.25) is 0 Å². The Kier molecular flexibility index (Phi) is 4.22. The lowest BCUT2D eigenvalue weighted by atomic mass is 10.2. The second-order valence-electron chi connectivity index (χ2n) is 4.61. The normalized spacial score (nSPS) is 21.3. The fraction of sp³-hybridized carbons (Fsp3) is 0.750. The Hall–Kier alpha value is -0.390. The monoisotopic (exact) mass is 301 g/mol. The van der Waals surface area contributed by atoms with Crippen LogP contribution < -0.4 is 0 Å². The molecule has 0 radical (unpaired) electrons. The van der Waals surface area contributed by atoms with Crippen LogP contribution in [-0.4, -0.2) is 39.0 Å². The van der Waals surface area contributed by atoms with Crippen molar-refractivity contribution in [2.24, 2.45) is 0 Å². The third-order valence-corrected chi connectivity index (χ3v) is 4.55. The average Bonchev–Trinajstić information content (AvgIpc) is 2.88. The summed E-state index contributed by atoms with van der Waals surface area (Å²) in [4.78, 5) is 2.35. The summed E-state index contributed by atoms with van der Waals surface area (Å²) in [5, 5.41) is 13.8. The summed E-state index contributed by atoms with van der Waals surface area (Å²) < 4.78 is 3.16. The lowest BCUT2D eigenvalue weighted by molar-refractivity contribution is 0.150. The highest BCUT2D eigenvalue weighted by molar-refractivity contribution is 9.10. The number of aryl methyl sites for hydroxylation is 2. The molecule has 1 aromatic heterocycles. The Labute approximate surface area is 111 Å². The van der Waals surface area contributed by atoms with Crippen LogP contribution in [0.1, 0.15) is 31.2 Å². The predicted octanol–water partition coefficient (Wildman–Crippen LogP) is 1.93. The number of hydrogen-bond donors (Lipinski definition) is 1. The first-order valence-electron chi connectivity index (χ1n) is 6.24. The summed E-state index contributed by atoms with van der Waals surface area (Å²) in [6.07, 6.45) is 2.29. The van der Waals surface area contributed by atoms with Gasteiger partial charge in [-0.05, 0) is 49.2 Å². The molecular formula is C12H20BrN3O. The molecule has 17 heavy (non-hydrogen) atoms. The predicted molar refractivity (Wildman–Crippen MR) is 70.9 cm³/mol. The van der Waals surface area contributed by atoms with E-state index >= 15 is 0 Å². The van der Waals surface area contributed by atoms with Gasteiger partial charge in [-0.15, -0.1) is 0 Å². The molecule has 1 atom stereocenters. The summed E-state index contributed by atoms with van der Waals surface area (Å²) in [5.74, 6) is 0. The zero-order valence-electron chi connectivity index (χ0n) is 10.5. The lowest BCUT2D eigenvalue weighted by Gasteiger charge is -2.23. The van der Waals surface area contributed by atoms with Gasteiger partial charge in [-0.1, -0.05) is 0 Å². The van der Waals surface area contributed by atoms with Crippen LogP contribution >= 0.6 is 15.9 Å². The highest BCUT2D eigenvalue weighted by Gasteiger charge is 2.26. The number of aromatic nitrogens is 2. The van der Waals surface area contributed by atoms with Crippen molar-refractivity contribution < 1.29 is 5.11 Å². The Morgan fingerprint density at radius 2 is 2.29 bits per heavy atom. The van der Waals surface area contributed by atoms with E-state index in [1.807, 2.05) is 11.6 Å². The molecule has 0 saturated carbocycles. The molecule has 4 nitrogen and oxygen atoms in total. The molecule has 1 saturated heterocycles. The van der Waals surface area contributed by atoms with Crippen LogP contribution in [0.25, 0.3) is 0 Å². The lowest BCUT2D eigenvalue weighted by Crippen LogP contribution is -2.32. The second kappa shape index (κ2) is 5.50. The summed E-state index contributed by atoms with van der Waals surface area (Å²) in [5.41, 5.74) is 2.27. The molecule has 0 aromatic carbocycles. The van der Waals surface area contributed by atoms with Crippen LogP contribution in [0.5, 0.6) is 0 Å². The number of aliphatic hydroxyl groups excluding tert-OH is 1. The van der Waals surface area contributed by atoms with Gasteiger partial charge in [0.25, 0.3) is 0 Å². The van der Waals surface area contributed by atoms with Crippen LogP contribution in [-0.2, 0) is 13.1 Å². The first-order valence-corrected chi connectivity index (χ1v) is 7.03. The standard InChI is InChI=1S/C12H20BrN3O/c1-3-16-11(12(13)9(2)14-16)7-15-6-4-5-10(15)8-17/h10,17H,3-8H2,1-2H3. The molecule has 1 aliphatic heterocycles. The molecule has 0 aliphatic carbocycles. The molecule has 2 heterocycles. The maximum absolute atomic E-state index is 9.34. The summed E-state index contributed by atoms with van der Waals surface area (Å²) in [6, 6.07) is 0.322. The quantitative estimate of drug-likeness (QED) is 0.924. The van der Waals surface area contributed by atoms with Crippen molar-refractivity contribution in [3.05, 3.63) is 15.9 Å². The van der Waals surface area contributed by atoms with Crippen molar-refractivity contribution in [3.63, 3.8) is 0 Å². The van der Waals surface area contributed by atoms with E-state index in [9.17, 15) is 5.11 Å². The number of aliphatic hydroxyl groups is 1. The summed E-state index contributed by atoms with van der Waals surface area (Å²) in [6.45, 7) is 7.23. The largest absolute Gasteiger partial charge is 0.395 e. The van der Waals surface area contributed by atoms with Gasteiger partial charge >= 0.3 is 0 Å². The van der Waals surface area contributed by atoms with Gasteiger partial charge in [-0.25, -0.2) is 0 Å². The summed E-state index contributed by atoms with van der Waals surface area (Å²) in [7, 11) is 0. The number of rotatable bonds is 4. The molecule has 0 bridgehead atoms. The van der Waals surface area contributed by atoms with Crippen LogP contribution in [0, 0.1) is 6.92 Å². The van der Waals surface area contributed by atoms with E-state index in [0.29, 0.717) is 6.04 Å². The minimum atomic E-state index is 0.261. The van der Waals surface area contributed by atoms with Crippen molar-refractivity contribution in [3.8, 4) is 0 Å². The van der Waals surface area contributed by atoms with Gasteiger partial charge in [-0.2, -0.15) is 5.10 Å². The van der Waals surface area contributed by atoms with Gasteiger partial charge in [0, 0.05) is 19.1 Å². The molecule has 0 amide bonds. The van der Waals surface area contributed by atoms with E-state index in [-0.39, 0.29) is 6.61 Å². The molecule has 1 N–H and O–H groups in total. The maximum Gasteiger partial charge on any atom is 0.0739 e. The van der Waals surface area contributed by atoms with Crippen molar-refractivity contribution in [1.29, 1.82) is 0 Å². The Morgan fingerprint density at radius 3 is 2.94 bits per heavy atom. The fourth-order valence-corrected chi connectivity index (χ4v) is 2.93. The summed E-state index contributed by atoms with van der Waals surface area (Å²) >= 11 is 3.62. The first kappa shape index (κ1) is 13.1. The van der Waals surface area contributed by atoms with E-state index < -0.39 is 0 Å². The Bertz CT molecular complexity index is 391. The molecule has 0 spiro atoms. The van der Waals surface area contributed by atoms with Gasteiger partial charge < -0.3 is 5.11 Å². The number of halogens is 1. The Morgan fingerprint density at radius 1 is 1.53 bits per heavy atom. The number of likely N-dealkylation sites (tertiary alicyclic amines) is 1. The van der Waals surface area contributed by atoms with Crippen LogP contribution in [0.3, 0.4) is 0 Å². The van der Waals surface area contributed by atoms with Gasteiger partial charge in [0.15, 0.2) is 0 Å². The van der Waals surface area contributed by atoms with Crippen molar-refractivity contribution >= 4 is 15.9 Å². The first-order chi connectivity index (χ1) is 8.17. The third-order valence-electron chi connectivity index (χ3n) is 3.52. The highest BCUT2D eigenvalue weighted by Crippen LogP contribution is 2.26. The topological polar surface area (TPSA) is 41.3 Å². The van der Waals surface area contributed by atoms with Gasteiger partial charge in [-0.3, -0.25) is 9.58 Å². The van der Waals surface area contributed by atoms with E-state index in [0.717, 1.165) is 36.2 Å².